The molecule has 2 fully saturated rings. The van der Waals surface area contributed by atoms with Gasteiger partial charge in [0, 0.05) is 24.8 Å². The Hall–Kier alpha value is -2.13. The number of carboxylic acid groups (broad SMARTS) is 1. The highest BCUT2D eigenvalue weighted by Crippen LogP contribution is 2.30. The largest absolute Gasteiger partial charge is 0.481 e. The first-order valence-corrected chi connectivity index (χ1v) is 10.1. The molecule has 2 aliphatic rings. The zero-order valence-electron chi connectivity index (χ0n) is 14.8. The van der Waals surface area contributed by atoms with Gasteiger partial charge in [0.15, 0.2) is 0 Å². The number of aliphatic carboxylic acids is 1. The molecule has 9 heteroatoms. The minimum atomic E-state index is -3.65. The maximum atomic E-state index is 12.6. The molecule has 1 aromatic carbocycles. The molecule has 8 nitrogen and oxygen atoms in total. The maximum absolute atomic E-state index is 12.6. The second kappa shape index (κ2) is 6.88. The topological polar surface area (TPSA) is 116 Å². The van der Waals surface area contributed by atoms with Gasteiger partial charge in [0.05, 0.1) is 10.8 Å². The van der Waals surface area contributed by atoms with E-state index >= 15 is 0 Å². The van der Waals surface area contributed by atoms with Gasteiger partial charge < -0.3 is 15.3 Å². The fourth-order valence-corrected chi connectivity index (χ4v) is 4.99. The van der Waals surface area contributed by atoms with Crippen molar-refractivity contribution in [1.29, 1.82) is 0 Å². The first kappa shape index (κ1) is 18.7. The van der Waals surface area contributed by atoms with Crippen molar-refractivity contribution < 1.29 is 23.1 Å². The lowest BCUT2D eigenvalue weighted by molar-refractivity contribution is -0.141. The van der Waals surface area contributed by atoms with E-state index in [0.29, 0.717) is 29.8 Å². The Morgan fingerprint density at radius 1 is 1.19 bits per heavy atom. The third kappa shape index (κ3) is 3.83. The van der Waals surface area contributed by atoms with Crippen LogP contribution >= 0.6 is 0 Å². The number of nitrogens with one attached hydrogen (secondary N) is 2. The molecule has 1 saturated carbocycles. The number of rotatable bonds is 5. The Kier molecular flexibility index (Phi) is 4.94. The zero-order valence-corrected chi connectivity index (χ0v) is 15.6. The van der Waals surface area contributed by atoms with Crippen molar-refractivity contribution in [1.82, 2.24) is 9.62 Å². The average molecular weight is 381 g/mol. The van der Waals surface area contributed by atoms with Gasteiger partial charge in [-0.3, -0.25) is 4.79 Å². The van der Waals surface area contributed by atoms with Crippen LogP contribution in [0.2, 0.25) is 0 Å². The van der Waals surface area contributed by atoms with Gasteiger partial charge in [-0.2, -0.15) is 0 Å². The van der Waals surface area contributed by atoms with Crippen LogP contribution in [0.1, 0.15) is 30.4 Å². The third-order valence-corrected chi connectivity index (χ3v) is 6.65. The van der Waals surface area contributed by atoms with E-state index in [0.717, 1.165) is 12.8 Å². The maximum Gasteiger partial charge on any atom is 0.321 e. The Morgan fingerprint density at radius 2 is 1.88 bits per heavy atom. The lowest BCUT2D eigenvalue weighted by Gasteiger charge is -2.20. The molecule has 0 bridgehead atoms. The number of urea groups is 1. The van der Waals surface area contributed by atoms with E-state index in [4.69, 9.17) is 5.11 Å². The van der Waals surface area contributed by atoms with Crippen molar-refractivity contribution in [2.75, 3.05) is 18.4 Å². The Balaban J connectivity index is 1.79. The van der Waals surface area contributed by atoms with Crippen LogP contribution in [0.3, 0.4) is 0 Å². The van der Waals surface area contributed by atoms with Crippen molar-refractivity contribution in [2.45, 2.75) is 44.0 Å². The molecule has 1 aliphatic heterocycles. The second-order valence-electron chi connectivity index (χ2n) is 6.98. The number of nitrogens with zero attached hydrogens (tertiary/aromatic N) is 1. The van der Waals surface area contributed by atoms with Gasteiger partial charge in [0.25, 0.3) is 0 Å². The highest BCUT2D eigenvalue weighted by atomic mass is 32.2. The van der Waals surface area contributed by atoms with Crippen LogP contribution in [0, 0.1) is 19.8 Å². The molecule has 1 saturated heterocycles. The molecule has 1 heterocycles. The smallest absolute Gasteiger partial charge is 0.321 e. The van der Waals surface area contributed by atoms with Crippen LogP contribution in [-0.2, 0) is 14.8 Å². The monoisotopic (exact) mass is 381 g/mol. The quantitative estimate of drug-likeness (QED) is 0.718. The van der Waals surface area contributed by atoms with E-state index in [9.17, 15) is 18.0 Å². The molecule has 0 radical (unpaired) electrons. The summed E-state index contributed by atoms with van der Waals surface area (Å²) in [6.07, 6.45) is 2.10. The SMILES string of the molecule is Cc1ccc(NC(=O)N2CCC(C(=O)O)C2)c(C)c1S(=O)(=O)NC1CC1. The number of hydrogen-bond donors (Lipinski definition) is 3. The fourth-order valence-electron chi connectivity index (χ4n) is 3.20. The summed E-state index contributed by atoms with van der Waals surface area (Å²) in [6, 6.07) is 2.91. The molecule has 26 heavy (non-hydrogen) atoms. The highest BCUT2D eigenvalue weighted by molar-refractivity contribution is 7.89. The number of carbonyl (C=O) groups is 2. The molecule has 0 spiro atoms. The van der Waals surface area contributed by atoms with Crippen LogP contribution in [0.15, 0.2) is 17.0 Å². The number of amides is 2. The van der Waals surface area contributed by atoms with E-state index < -0.39 is 27.9 Å². The van der Waals surface area contributed by atoms with Crippen molar-refractivity contribution in [2.24, 2.45) is 5.92 Å². The number of anilines is 1. The summed E-state index contributed by atoms with van der Waals surface area (Å²) in [6.45, 7) is 3.90. The van der Waals surface area contributed by atoms with Crippen molar-refractivity contribution in [3.05, 3.63) is 23.3 Å². The molecule has 142 valence electrons. The summed E-state index contributed by atoms with van der Waals surface area (Å²) in [5.41, 5.74) is 1.50. The summed E-state index contributed by atoms with van der Waals surface area (Å²) in [7, 11) is -3.65. The molecule has 0 aromatic heterocycles. The zero-order chi connectivity index (χ0) is 19.1. The number of carbonyl (C=O) groups excluding carboxylic acids is 1. The second-order valence-corrected chi connectivity index (χ2v) is 8.63. The predicted octanol–water partition coefficient (Wildman–Crippen LogP) is 1.68. The minimum absolute atomic E-state index is 0.00500. The minimum Gasteiger partial charge on any atom is -0.481 e. The first-order valence-electron chi connectivity index (χ1n) is 8.60. The molecular weight excluding hydrogens is 358 g/mol. The van der Waals surface area contributed by atoms with Gasteiger partial charge in [0.2, 0.25) is 10.0 Å². The third-order valence-electron chi connectivity index (χ3n) is 4.84. The Labute approximate surface area is 152 Å². The summed E-state index contributed by atoms with van der Waals surface area (Å²) < 4.78 is 27.9. The normalized spacial score (nSPS) is 20.2. The van der Waals surface area contributed by atoms with Gasteiger partial charge in [-0.1, -0.05) is 6.07 Å². The first-order chi connectivity index (χ1) is 12.2. The van der Waals surface area contributed by atoms with Crippen molar-refractivity contribution >= 4 is 27.7 Å². The summed E-state index contributed by atoms with van der Waals surface area (Å²) in [4.78, 5) is 25.1. The Bertz CT molecular complexity index is 848. The van der Waals surface area contributed by atoms with E-state index in [2.05, 4.69) is 10.0 Å². The highest BCUT2D eigenvalue weighted by Gasteiger charge is 2.32. The molecule has 2 amide bonds. The number of aryl methyl sites for hydroxylation is 1. The molecule has 3 N–H and O–H groups in total. The Morgan fingerprint density at radius 3 is 2.46 bits per heavy atom. The van der Waals surface area contributed by atoms with Crippen LogP contribution in [-0.4, -0.2) is 49.6 Å². The average Bonchev–Trinajstić information content (AvgIpc) is 3.20. The van der Waals surface area contributed by atoms with Gasteiger partial charge in [-0.25, -0.2) is 17.9 Å². The van der Waals surface area contributed by atoms with E-state index in [1.54, 1.807) is 26.0 Å². The summed E-state index contributed by atoms with van der Waals surface area (Å²) >= 11 is 0. The van der Waals surface area contributed by atoms with Crippen LogP contribution in [0.5, 0.6) is 0 Å². The summed E-state index contributed by atoms with van der Waals surface area (Å²) in [5, 5.41) is 11.8. The number of benzene rings is 1. The van der Waals surface area contributed by atoms with Crippen molar-refractivity contribution in [3.8, 4) is 0 Å². The van der Waals surface area contributed by atoms with Crippen LogP contribution < -0.4 is 10.0 Å². The number of hydrogen-bond acceptors (Lipinski definition) is 4. The van der Waals surface area contributed by atoms with Gasteiger partial charge >= 0.3 is 12.0 Å². The predicted molar refractivity (Wildman–Crippen MR) is 95.6 cm³/mol. The lowest BCUT2D eigenvalue weighted by Crippen LogP contribution is -2.34. The molecule has 1 atom stereocenters. The number of likely N-dealkylation sites (tertiary alicyclic amines) is 1. The van der Waals surface area contributed by atoms with Crippen LogP contribution in [0.4, 0.5) is 10.5 Å². The molecular formula is C17H23N3O5S. The lowest BCUT2D eigenvalue weighted by atomic mass is 10.1. The van der Waals surface area contributed by atoms with Gasteiger partial charge in [0.1, 0.15) is 0 Å². The van der Waals surface area contributed by atoms with E-state index in [1.807, 2.05) is 0 Å². The van der Waals surface area contributed by atoms with E-state index in [1.165, 1.54) is 4.90 Å². The molecule has 3 rings (SSSR count). The molecule has 1 aromatic rings. The molecule has 1 aliphatic carbocycles. The van der Waals surface area contributed by atoms with Crippen LogP contribution in [0.25, 0.3) is 0 Å². The number of carboxylic acids is 1. The molecule has 1 unspecified atom stereocenters. The standard InChI is InChI=1S/C17H23N3O5S/c1-10-3-6-14(11(2)15(10)26(24,25)19-13-4-5-13)18-17(23)20-8-7-12(9-20)16(21)22/h3,6,12-13,19H,4-5,7-9H2,1-2H3,(H,18,23)(H,21,22). The summed E-state index contributed by atoms with van der Waals surface area (Å²) in [5.74, 6) is -1.47. The fraction of sp³-hybridized carbons (Fsp3) is 0.529. The van der Waals surface area contributed by atoms with Gasteiger partial charge in [-0.05, 0) is 50.3 Å². The van der Waals surface area contributed by atoms with Crippen molar-refractivity contribution in [3.63, 3.8) is 0 Å². The van der Waals surface area contributed by atoms with Gasteiger partial charge in [-0.15, -0.1) is 0 Å². The van der Waals surface area contributed by atoms with E-state index in [-0.39, 0.29) is 17.5 Å². The number of sulfonamides is 1.